The van der Waals surface area contributed by atoms with Crippen LogP contribution in [0.4, 0.5) is 4.79 Å². The van der Waals surface area contributed by atoms with E-state index < -0.39 is 11.7 Å². The number of hydrogen-bond donors (Lipinski definition) is 4. The van der Waals surface area contributed by atoms with Gasteiger partial charge in [-0.05, 0) is 39.2 Å². The Morgan fingerprint density at radius 3 is 2.55 bits per heavy atom. The van der Waals surface area contributed by atoms with Crippen LogP contribution in [-0.4, -0.2) is 62.7 Å². The van der Waals surface area contributed by atoms with Gasteiger partial charge in [-0.2, -0.15) is 0 Å². The van der Waals surface area contributed by atoms with E-state index in [-0.39, 0.29) is 42.0 Å². The number of ether oxygens (including phenoxy) is 2. The lowest BCUT2D eigenvalue weighted by Crippen LogP contribution is -2.47. The van der Waals surface area contributed by atoms with Crippen LogP contribution in [0.15, 0.2) is 35.3 Å². The molecule has 1 aliphatic rings. The topological polar surface area (TPSA) is 104 Å². The molecule has 0 aromatic heterocycles. The monoisotopic (exact) mass is 548 g/mol. The van der Waals surface area contributed by atoms with Gasteiger partial charge in [0.2, 0.25) is 0 Å². The summed E-state index contributed by atoms with van der Waals surface area (Å²) in [5, 5.41) is 19.0. The van der Waals surface area contributed by atoms with Crippen molar-refractivity contribution in [1.29, 1.82) is 0 Å². The van der Waals surface area contributed by atoms with E-state index in [0.717, 1.165) is 12.0 Å². The number of hydrogen-bond acceptors (Lipinski definition) is 5. The molecule has 1 heterocycles. The van der Waals surface area contributed by atoms with Crippen molar-refractivity contribution < 1.29 is 19.4 Å². The molecule has 9 heteroatoms. The van der Waals surface area contributed by atoms with E-state index >= 15 is 0 Å². The van der Waals surface area contributed by atoms with Crippen LogP contribution >= 0.6 is 24.0 Å². The maximum absolute atomic E-state index is 12.3. The molecule has 31 heavy (non-hydrogen) atoms. The Bertz CT molecular complexity index is 689. The van der Waals surface area contributed by atoms with Gasteiger partial charge in [-0.1, -0.05) is 30.3 Å². The first-order valence-corrected chi connectivity index (χ1v) is 10.4. The second kappa shape index (κ2) is 13.1. The summed E-state index contributed by atoms with van der Waals surface area (Å²) in [4.78, 5) is 16.6. The fourth-order valence-electron chi connectivity index (χ4n) is 3.39. The number of aliphatic imine (C=N–C) groups is 1. The van der Waals surface area contributed by atoms with E-state index in [9.17, 15) is 9.90 Å². The minimum Gasteiger partial charge on any atom is -0.444 e. The number of halogens is 1. The van der Waals surface area contributed by atoms with Crippen molar-refractivity contribution in [1.82, 2.24) is 16.0 Å². The molecule has 0 spiro atoms. The molecule has 1 aromatic carbocycles. The van der Waals surface area contributed by atoms with Crippen molar-refractivity contribution in [3.8, 4) is 0 Å². The zero-order chi connectivity index (χ0) is 22.0. The number of aliphatic hydroxyl groups excluding tert-OH is 1. The molecule has 0 radical (unpaired) electrons. The third kappa shape index (κ3) is 9.61. The molecule has 1 saturated heterocycles. The van der Waals surface area contributed by atoms with Gasteiger partial charge in [0.1, 0.15) is 5.60 Å². The molecule has 0 bridgehead atoms. The van der Waals surface area contributed by atoms with Gasteiger partial charge in [0, 0.05) is 38.8 Å². The van der Waals surface area contributed by atoms with E-state index in [1.54, 1.807) is 7.05 Å². The second-order valence-electron chi connectivity index (χ2n) is 8.69. The highest BCUT2D eigenvalue weighted by Gasteiger charge is 2.34. The average molecular weight is 548 g/mol. The molecule has 8 nitrogen and oxygen atoms in total. The van der Waals surface area contributed by atoms with Crippen molar-refractivity contribution in [3.63, 3.8) is 0 Å². The summed E-state index contributed by atoms with van der Waals surface area (Å²) in [6, 6.07) is 9.45. The number of nitrogens with one attached hydrogen (secondary N) is 3. The van der Waals surface area contributed by atoms with Gasteiger partial charge < -0.3 is 30.5 Å². The van der Waals surface area contributed by atoms with Crippen molar-refractivity contribution in [2.45, 2.75) is 45.3 Å². The molecular formula is C22H37IN4O4. The van der Waals surface area contributed by atoms with Crippen LogP contribution in [0.2, 0.25) is 0 Å². The van der Waals surface area contributed by atoms with Gasteiger partial charge in [-0.25, -0.2) is 4.79 Å². The predicted molar refractivity (Wildman–Crippen MR) is 133 cm³/mol. The zero-order valence-corrected chi connectivity index (χ0v) is 21.3. The molecule has 1 aromatic rings. The van der Waals surface area contributed by atoms with Gasteiger partial charge in [0.05, 0.1) is 12.6 Å². The smallest absolute Gasteiger partial charge is 0.408 e. The number of alkyl carbamates (subject to hydrolysis) is 1. The lowest BCUT2D eigenvalue weighted by atomic mass is 9.84. The van der Waals surface area contributed by atoms with Gasteiger partial charge >= 0.3 is 6.09 Å². The third-order valence-electron chi connectivity index (χ3n) is 5.05. The van der Waals surface area contributed by atoms with Crippen LogP contribution in [0, 0.1) is 5.41 Å². The van der Waals surface area contributed by atoms with Crippen molar-refractivity contribution in [3.05, 3.63) is 35.9 Å². The molecule has 0 aliphatic carbocycles. The molecular weight excluding hydrogens is 511 g/mol. The number of aliphatic hydroxyl groups is 1. The normalized spacial score (nSPS) is 19.8. The van der Waals surface area contributed by atoms with Crippen LogP contribution in [0.1, 0.15) is 45.2 Å². The van der Waals surface area contributed by atoms with Crippen LogP contribution in [0.5, 0.6) is 0 Å². The Kier molecular flexibility index (Phi) is 11.6. The van der Waals surface area contributed by atoms with Crippen LogP contribution in [-0.2, 0) is 9.47 Å². The Labute approximate surface area is 202 Å². The maximum Gasteiger partial charge on any atom is 0.408 e. The Balaban J connectivity index is 0.00000480. The first-order chi connectivity index (χ1) is 14.3. The van der Waals surface area contributed by atoms with Gasteiger partial charge in [0.25, 0.3) is 0 Å². The molecule has 176 valence electrons. The SMILES string of the molecule is CN=C(NCC(NC(=O)OC(C)(C)C)c1ccccc1)NCC1(CCO)CCOC1.I. The molecule has 0 saturated carbocycles. The predicted octanol–water partition coefficient (Wildman–Crippen LogP) is 2.82. The Morgan fingerprint density at radius 2 is 2.00 bits per heavy atom. The first-order valence-electron chi connectivity index (χ1n) is 10.4. The summed E-state index contributed by atoms with van der Waals surface area (Å²) < 4.78 is 11.0. The summed E-state index contributed by atoms with van der Waals surface area (Å²) in [5.74, 6) is 0.631. The molecule has 2 unspecified atom stereocenters. The Hall–Kier alpha value is -1.59. The number of carbonyl (C=O) groups excluding carboxylic acids is 1. The fourth-order valence-corrected chi connectivity index (χ4v) is 3.39. The van der Waals surface area contributed by atoms with E-state index in [1.165, 1.54) is 0 Å². The highest BCUT2D eigenvalue weighted by Crippen LogP contribution is 2.31. The van der Waals surface area contributed by atoms with E-state index in [0.29, 0.717) is 38.7 Å². The third-order valence-corrected chi connectivity index (χ3v) is 5.05. The average Bonchev–Trinajstić information content (AvgIpc) is 3.15. The summed E-state index contributed by atoms with van der Waals surface area (Å²) >= 11 is 0. The molecule has 2 rings (SSSR count). The number of amides is 1. The van der Waals surface area contributed by atoms with Crippen molar-refractivity contribution >= 4 is 36.0 Å². The van der Waals surface area contributed by atoms with Gasteiger partial charge in [-0.15, -0.1) is 24.0 Å². The van der Waals surface area contributed by atoms with E-state index in [1.807, 2.05) is 51.1 Å². The lowest BCUT2D eigenvalue weighted by molar-refractivity contribution is 0.0504. The largest absolute Gasteiger partial charge is 0.444 e. The molecule has 2 atom stereocenters. The highest BCUT2D eigenvalue weighted by molar-refractivity contribution is 14.0. The van der Waals surface area contributed by atoms with Crippen molar-refractivity contribution in [2.75, 3.05) is 40.0 Å². The van der Waals surface area contributed by atoms with Gasteiger partial charge in [-0.3, -0.25) is 4.99 Å². The fraction of sp³-hybridized carbons (Fsp3) is 0.636. The standard InChI is InChI=1S/C22H36N4O4.HI/c1-21(2,3)30-20(28)26-18(17-8-6-5-7-9-17)14-24-19(23-4)25-15-22(10-12-27)11-13-29-16-22;/h5-9,18,27H,10-16H2,1-4H3,(H,26,28)(H2,23,24,25);1H. The van der Waals surface area contributed by atoms with Crippen molar-refractivity contribution in [2.24, 2.45) is 10.4 Å². The van der Waals surface area contributed by atoms with E-state index in [4.69, 9.17) is 9.47 Å². The quantitative estimate of drug-likeness (QED) is 0.226. The summed E-state index contributed by atoms with van der Waals surface area (Å²) in [6.45, 7) is 8.07. The van der Waals surface area contributed by atoms with Gasteiger partial charge in [0.15, 0.2) is 5.96 Å². The summed E-state index contributed by atoms with van der Waals surface area (Å²) in [7, 11) is 1.71. The second-order valence-corrected chi connectivity index (χ2v) is 8.69. The number of benzene rings is 1. The number of guanidine groups is 1. The number of carbonyl (C=O) groups is 1. The van der Waals surface area contributed by atoms with E-state index in [2.05, 4.69) is 20.9 Å². The number of nitrogens with zero attached hydrogens (tertiary/aromatic N) is 1. The minimum atomic E-state index is -0.569. The van der Waals surface area contributed by atoms with Crippen LogP contribution in [0.3, 0.4) is 0 Å². The summed E-state index contributed by atoms with van der Waals surface area (Å²) in [5.41, 5.74) is 0.313. The molecule has 1 aliphatic heterocycles. The lowest BCUT2D eigenvalue weighted by Gasteiger charge is -2.28. The maximum atomic E-state index is 12.3. The van der Waals surface area contributed by atoms with Crippen LogP contribution in [0.25, 0.3) is 0 Å². The molecule has 1 fully saturated rings. The summed E-state index contributed by atoms with van der Waals surface area (Å²) in [6.07, 6.45) is 1.12. The zero-order valence-electron chi connectivity index (χ0n) is 18.9. The van der Waals surface area contributed by atoms with Crippen LogP contribution < -0.4 is 16.0 Å². The minimum absolute atomic E-state index is 0. The molecule has 4 N–H and O–H groups in total. The Morgan fingerprint density at radius 1 is 1.29 bits per heavy atom. The highest BCUT2D eigenvalue weighted by atomic mass is 127. The first kappa shape index (κ1) is 27.4. The molecule has 1 amide bonds. The number of rotatable bonds is 8.